The molecule has 1 fully saturated rings. The zero-order chi connectivity index (χ0) is 19.7. The smallest absolute Gasteiger partial charge is 0.226 e. The maximum atomic E-state index is 12.3. The highest BCUT2D eigenvalue weighted by atomic mass is 32.2. The molecule has 0 N–H and O–H groups in total. The average Bonchev–Trinajstić information content (AvgIpc) is 3.41. The lowest BCUT2D eigenvalue weighted by molar-refractivity contribution is 0.182. The molecule has 1 saturated heterocycles. The number of imidazole rings is 1. The number of ether oxygens (including phenoxy) is 1. The Labute approximate surface area is 163 Å². The van der Waals surface area contributed by atoms with Crippen molar-refractivity contribution in [3.63, 3.8) is 0 Å². The van der Waals surface area contributed by atoms with Crippen LogP contribution in [0.4, 0.5) is 0 Å². The van der Waals surface area contributed by atoms with Gasteiger partial charge in [-0.25, -0.2) is 22.7 Å². The second-order valence-corrected chi connectivity index (χ2v) is 9.22. The lowest BCUT2D eigenvalue weighted by Crippen LogP contribution is -2.32. The first-order valence-electron chi connectivity index (χ1n) is 8.98. The Morgan fingerprint density at radius 3 is 2.75 bits per heavy atom. The van der Waals surface area contributed by atoms with Gasteiger partial charge in [0, 0.05) is 38.0 Å². The van der Waals surface area contributed by atoms with E-state index in [0.29, 0.717) is 30.6 Å². The summed E-state index contributed by atoms with van der Waals surface area (Å²) in [5.41, 5.74) is 1.48. The van der Waals surface area contributed by atoms with Gasteiger partial charge in [-0.1, -0.05) is 18.2 Å². The maximum absolute atomic E-state index is 12.3. The predicted molar refractivity (Wildman–Crippen MR) is 104 cm³/mol. The Bertz CT molecular complexity index is 1040. The van der Waals surface area contributed by atoms with Gasteiger partial charge in [0.1, 0.15) is 12.0 Å². The van der Waals surface area contributed by atoms with Crippen molar-refractivity contribution in [1.29, 1.82) is 0 Å². The van der Waals surface area contributed by atoms with Crippen LogP contribution in [0.3, 0.4) is 0 Å². The molecule has 0 bridgehead atoms. The van der Waals surface area contributed by atoms with Crippen LogP contribution in [0.1, 0.15) is 6.04 Å². The molecule has 9 heteroatoms. The third-order valence-corrected chi connectivity index (χ3v) is 6.89. The summed E-state index contributed by atoms with van der Waals surface area (Å²) in [5, 5.41) is 0. The molecule has 0 amide bonds. The molecule has 1 aliphatic rings. The molecule has 2 aromatic heterocycles. The summed E-state index contributed by atoms with van der Waals surface area (Å²) in [4.78, 5) is 8.99. The van der Waals surface area contributed by atoms with Gasteiger partial charge in [0.2, 0.25) is 15.9 Å². The minimum atomic E-state index is -3.33. The fourth-order valence-corrected chi connectivity index (χ4v) is 4.50. The zero-order valence-electron chi connectivity index (χ0n) is 15.7. The second kappa shape index (κ2) is 7.50. The van der Waals surface area contributed by atoms with Crippen molar-refractivity contribution < 1.29 is 17.6 Å². The predicted octanol–water partition coefficient (Wildman–Crippen LogP) is 2.28. The van der Waals surface area contributed by atoms with Crippen LogP contribution in [0.15, 0.2) is 53.4 Å². The summed E-state index contributed by atoms with van der Waals surface area (Å²) in [6, 6.07) is 9.49. The molecule has 0 saturated carbocycles. The number of hydrogen-bond acceptors (Lipinski definition) is 6. The van der Waals surface area contributed by atoms with Gasteiger partial charge in [-0.05, 0) is 12.1 Å². The molecule has 148 valence electrons. The topological polar surface area (TPSA) is 90.5 Å². The average molecular weight is 402 g/mol. The Hall–Kier alpha value is -2.49. The lowest BCUT2D eigenvalue weighted by atomic mass is 10.1. The Morgan fingerprint density at radius 1 is 1.21 bits per heavy atom. The summed E-state index contributed by atoms with van der Waals surface area (Å²) < 4.78 is 39.1. The molecule has 0 aliphatic carbocycles. The number of rotatable bonds is 6. The van der Waals surface area contributed by atoms with Crippen LogP contribution in [0, 0.1) is 5.92 Å². The molecule has 0 unspecified atom stereocenters. The third-order valence-electron chi connectivity index (χ3n) is 4.93. The van der Waals surface area contributed by atoms with Gasteiger partial charge in [-0.2, -0.15) is 0 Å². The van der Waals surface area contributed by atoms with E-state index in [0.717, 1.165) is 5.56 Å². The maximum Gasteiger partial charge on any atom is 0.226 e. The Kier molecular flexibility index (Phi) is 5.05. The second-order valence-electron chi connectivity index (χ2n) is 6.99. The van der Waals surface area contributed by atoms with E-state index in [1.165, 1.54) is 4.31 Å². The fourth-order valence-electron chi connectivity index (χ4n) is 3.34. The van der Waals surface area contributed by atoms with Crippen LogP contribution in [0.2, 0.25) is 0 Å². The monoisotopic (exact) mass is 402 g/mol. The van der Waals surface area contributed by atoms with Crippen molar-refractivity contribution in [3.05, 3.63) is 49.0 Å². The highest BCUT2D eigenvalue weighted by Gasteiger charge is 2.35. The Morgan fingerprint density at radius 2 is 2.00 bits per heavy atom. The van der Waals surface area contributed by atoms with Gasteiger partial charge in [0.25, 0.3) is 0 Å². The van der Waals surface area contributed by atoms with E-state index in [9.17, 15) is 8.42 Å². The highest BCUT2D eigenvalue weighted by molar-refractivity contribution is 7.89. The van der Waals surface area contributed by atoms with Gasteiger partial charge < -0.3 is 13.7 Å². The molecule has 2 atom stereocenters. The number of hydrogen-bond donors (Lipinski definition) is 0. The first kappa shape index (κ1) is 18.9. The normalized spacial score (nSPS) is 20.1. The number of benzene rings is 1. The molecule has 0 radical (unpaired) electrons. The molecule has 1 aliphatic heterocycles. The number of nitrogens with zero attached hydrogens (tertiary/aromatic N) is 4. The van der Waals surface area contributed by atoms with E-state index in [-0.39, 0.29) is 17.7 Å². The fraction of sp³-hybridized carbons (Fsp3) is 0.368. The van der Waals surface area contributed by atoms with E-state index in [1.807, 2.05) is 41.1 Å². The van der Waals surface area contributed by atoms with E-state index >= 15 is 0 Å². The molecule has 0 spiro atoms. The van der Waals surface area contributed by atoms with Crippen LogP contribution < -0.4 is 0 Å². The van der Waals surface area contributed by atoms with Crippen LogP contribution in [-0.2, 0) is 14.8 Å². The first-order chi connectivity index (χ1) is 13.5. The SMILES string of the molecule is CN(C)S(=O)(=O)C[C@H]1COC[C@H]1n1ccnc1-c1coc(-c2ccccc2)n1. The van der Waals surface area contributed by atoms with E-state index in [2.05, 4.69) is 9.97 Å². The third kappa shape index (κ3) is 3.60. The van der Waals surface area contributed by atoms with Crippen molar-refractivity contribution >= 4 is 10.0 Å². The summed E-state index contributed by atoms with van der Waals surface area (Å²) in [6.07, 6.45) is 5.09. The van der Waals surface area contributed by atoms with Gasteiger partial charge in [0.05, 0.1) is 25.0 Å². The molecule has 28 heavy (non-hydrogen) atoms. The van der Waals surface area contributed by atoms with Crippen LogP contribution >= 0.6 is 0 Å². The largest absolute Gasteiger partial charge is 0.444 e. The zero-order valence-corrected chi connectivity index (χ0v) is 16.5. The van der Waals surface area contributed by atoms with Gasteiger partial charge >= 0.3 is 0 Å². The quantitative estimate of drug-likeness (QED) is 0.628. The van der Waals surface area contributed by atoms with E-state index in [4.69, 9.17) is 9.15 Å². The van der Waals surface area contributed by atoms with Crippen molar-refractivity contribution in [3.8, 4) is 23.0 Å². The summed E-state index contributed by atoms with van der Waals surface area (Å²) in [5.74, 6) is 1.00. The van der Waals surface area contributed by atoms with Crippen molar-refractivity contribution in [2.24, 2.45) is 5.92 Å². The minimum absolute atomic E-state index is 0.0242. The first-order valence-corrected chi connectivity index (χ1v) is 10.6. The number of aromatic nitrogens is 3. The Balaban J connectivity index is 1.62. The summed E-state index contributed by atoms with van der Waals surface area (Å²) >= 11 is 0. The molecule has 1 aromatic carbocycles. The van der Waals surface area contributed by atoms with Crippen LogP contribution in [0.5, 0.6) is 0 Å². The number of sulfonamides is 1. The van der Waals surface area contributed by atoms with Gasteiger partial charge in [0.15, 0.2) is 5.82 Å². The van der Waals surface area contributed by atoms with Gasteiger partial charge in [-0.15, -0.1) is 0 Å². The minimum Gasteiger partial charge on any atom is -0.444 e. The molecule has 8 nitrogen and oxygen atoms in total. The molecular formula is C19H22N4O4S. The lowest BCUT2D eigenvalue weighted by Gasteiger charge is -2.22. The van der Waals surface area contributed by atoms with Crippen molar-refractivity contribution in [2.45, 2.75) is 6.04 Å². The van der Waals surface area contributed by atoms with E-state index in [1.54, 1.807) is 26.6 Å². The number of oxazole rings is 1. The van der Waals surface area contributed by atoms with E-state index < -0.39 is 10.0 Å². The van der Waals surface area contributed by atoms with Gasteiger partial charge in [-0.3, -0.25) is 0 Å². The van der Waals surface area contributed by atoms with Crippen molar-refractivity contribution in [1.82, 2.24) is 18.8 Å². The molecule has 3 heterocycles. The van der Waals surface area contributed by atoms with Crippen LogP contribution in [0.25, 0.3) is 23.0 Å². The highest BCUT2D eigenvalue weighted by Crippen LogP contribution is 2.32. The molecule has 3 aromatic rings. The van der Waals surface area contributed by atoms with Crippen LogP contribution in [-0.4, -0.2) is 60.3 Å². The molecular weight excluding hydrogens is 380 g/mol. The molecule has 4 rings (SSSR count). The summed E-state index contributed by atoms with van der Waals surface area (Å²) in [6.45, 7) is 0.823. The summed E-state index contributed by atoms with van der Waals surface area (Å²) in [7, 11) is -0.240. The standard InChI is InChI=1S/C19H22N4O4S/c1-22(2)28(24,25)13-15-10-26-12-17(15)23-9-8-20-18(23)16-11-27-19(21-16)14-6-4-3-5-7-14/h3-9,11,15,17H,10,12-13H2,1-2H3/t15-,17-/m1/s1. The van der Waals surface area contributed by atoms with Crippen molar-refractivity contribution in [2.75, 3.05) is 33.1 Å².